The molecule has 1 amide bonds. The van der Waals surface area contributed by atoms with E-state index in [1.165, 1.54) is 5.56 Å². The van der Waals surface area contributed by atoms with Crippen LogP contribution in [0, 0.1) is 6.92 Å². The summed E-state index contributed by atoms with van der Waals surface area (Å²) in [6, 6.07) is 15.6. The van der Waals surface area contributed by atoms with Gasteiger partial charge in [-0.25, -0.2) is 0 Å². The lowest BCUT2D eigenvalue weighted by Crippen LogP contribution is -2.14. The summed E-state index contributed by atoms with van der Waals surface area (Å²) in [7, 11) is 1.89. The van der Waals surface area contributed by atoms with Crippen LogP contribution in [0.25, 0.3) is 11.4 Å². The van der Waals surface area contributed by atoms with Crippen LogP contribution < -0.4 is 5.32 Å². The predicted molar refractivity (Wildman–Crippen MR) is 90.0 cm³/mol. The van der Waals surface area contributed by atoms with Crippen LogP contribution in [0.2, 0.25) is 0 Å². The van der Waals surface area contributed by atoms with Crippen molar-refractivity contribution in [2.24, 2.45) is 7.05 Å². The van der Waals surface area contributed by atoms with E-state index in [0.29, 0.717) is 6.42 Å². The van der Waals surface area contributed by atoms with E-state index in [1.807, 2.05) is 67.1 Å². The van der Waals surface area contributed by atoms with Gasteiger partial charge in [0.2, 0.25) is 5.91 Å². The molecule has 0 aliphatic carbocycles. The van der Waals surface area contributed by atoms with Crippen molar-refractivity contribution in [3.05, 3.63) is 66.0 Å². The molecular weight excluding hydrogens is 288 g/mol. The molecule has 0 aliphatic heterocycles. The topological polar surface area (TPSA) is 59.8 Å². The fourth-order valence-corrected chi connectivity index (χ4v) is 2.38. The van der Waals surface area contributed by atoms with Crippen molar-refractivity contribution >= 4 is 11.6 Å². The molecule has 0 saturated heterocycles. The highest BCUT2D eigenvalue weighted by Crippen LogP contribution is 2.20. The second-order valence-electron chi connectivity index (χ2n) is 5.56. The van der Waals surface area contributed by atoms with Gasteiger partial charge in [-0.1, -0.05) is 42.0 Å². The normalized spacial score (nSPS) is 10.5. The number of anilines is 1. The lowest BCUT2D eigenvalue weighted by molar-refractivity contribution is -0.115. The van der Waals surface area contributed by atoms with Crippen LogP contribution in [0.5, 0.6) is 0 Å². The van der Waals surface area contributed by atoms with Crippen LogP contribution in [-0.2, 0) is 18.3 Å². The first kappa shape index (κ1) is 15.0. The van der Waals surface area contributed by atoms with Crippen molar-refractivity contribution < 1.29 is 4.79 Å². The minimum atomic E-state index is -0.0380. The largest absolute Gasteiger partial charge is 0.326 e. The van der Waals surface area contributed by atoms with Gasteiger partial charge in [-0.3, -0.25) is 4.79 Å². The molecule has 5 nitrogen and oxygen atoms in total. The molecule has 116 valence electrons. The van der Waals surface area contributed by atoms with E-state index in [-0.39, 0.29) is 5.91 Å². The van der Waals surface area contributed by atoms with E-state index in [2.05, 4.69) is 15.5 Å². The lowest BCUT2D eigenvalue weighted by Gasteiger charge is -2.07. The SMILES string of the molecule is Cc1ccc(CC(=O)Nc2cccc(-c3nncn3C)c2)cc1. The Morgan fingerprint density at radius 3 is 2.65 bits per heavy atom. The van der Waals surface area contributed by atoms with Gasteiger partial charge in [0.25, 0.3) is 0 Å². The molecule has 1 aromatic heterocycles. The van der Waals surface area contributed by atoms with Gasteiger partial charge < -0.3 is 9.88 Å². The summed E-state index contributed by atoms with van der Waals surface area (Å²) in [6.07, 6.45) is 2.01. The Balaban J connectivity index is 1.71. The van der Waals surface area contributed by atoms with Crippen molar-refractivity contribution in [2.45, 2.75) is 13.3 Å². The second-order valence-corrected chi connectivity index (χ2v) is 5.56. The Labute approximate surface area is 135 Å². The van der Waals surface area contributed by atoms with Gasteiger partial charge in [0.1, 0.15) is 6.33 Å². The summed E-state index contributed by atoms with van der Waals surface area (Å²) in [5.74, 6) is 0.726. The maximum Gasteiger partial charge on any atom is 0.228 e. The standard InChI is InChI=1S/C18H18N4O/c1-13-6-8-14(9-7-13)10-17(23)20-16-5-3-4-15(11-16)18-21-19-12-22(18)2/h3-9,11-12H,10H2,1-2H3,(H,20,23). The molecule has 0 radical (unpaired) electrons. The second kappa shape index (κ2) is 6.44. The number of carbonyl (C=O) groups is 1. The fourth-order valence-electron chi connectivity index (χ4n) is 2.38. The molecule has 0 fully saturated rings. The number of aromatic nitrogens is 3. The van der Waals surface area contributed by atoms with E-state index < -0.39 is 0 Å². The number of hydrogen-bond acceptors (Lipinski definition) is 3. The van der Waals surface area contributed by atoms with Gasteiger partial charge in [-0.15, -0.1) is 10.2 Å². The molecule has 0 bridgehead atoms. The molecular formula is C18H18N4O. The summed E-state index contributed by atoms with van der Waals surface area (Å²) < 4.78 is 1.84. The van der Waals surface area contributed by atoms with E-state index in [1.54, 1.807) is 6.33 Å². The first-order valence-corrected chi connectivity index (χ1v) is 7.41. The third kappa shape index (κ3) is 3.63. The number of nitrogens with zero attached hydrogens (tertiary/aromatic N) is 3. The smallest absolute Gasteiger partial charge is 0.228 e. The van der Waals surface area contributed by atoms with Crippen LogP contribution in [-0.4, -0.2) is 20.7 Å². The number of nitrogens with one attached hydrogen (secondary N) is 1. The molecule has 3 rings (SSSR count). The molecule has 0 spiro atoms. The van der Waals surface area contributed by atoms with E-state index in [4.69, 9.17) is 0 Å². The van der Waals surface area contributed by atoms with Gasteiger partial charge in [0, 0.05) is 18.3 Å². The van der Waals surface area contributed by atoms with Crippen LogP contribution in [0.1, 0.15) is 11.1 Å². The Bertz CT molecular complexity index is 821. The minimum Gasteiger partial charge on any atom is -0.326 e. The number of hydrogen-bond donors (Lipinski definition) is 1. The van der Waals surface area contributed by atoms with Gasteiger partial charge in [-0.2, -0.15) is 0 Å². The van der Waals surface area contributed by atoms with E-state index >= 15 is 0 Å². The molecule has 3 aromatic rings. The van der Waals surface area contributed by atoms with Crippen molar-refractivity contribution in [3.63, 3.8) is 0 Å². The van der Waals surface area contributed by atoms with Crippen LogP contribution >= 0.6 is 0 Å². The monoisotopic (exact) mass is 306 g/mol. The van der Waals surface area contributed by atoms with Crippen molar-refractivity contribution in [2.75, 3.05) is 5.32 Å². The van der Waals surface area contributed by atoms with Crippen LogP contribution in [0.4, 0.5) is 5.69 Å². The highest BCUT2D eigenvalue weighted by Gasteiger charge is 2.08. The number of benzene rings is 2. The maximum atomic E-state index is 12.2. The molecule has 1 heterocycles. The summed E-state index contributed by atoms with van der Waals surface area (Å²) in [5.41, 5.74) is 3.85. The summed E-state index contributed by atoms with van der Waals surface area (Å²) in [6.45, 7) is 2.03. The minimum absolute atomic E-state index is 0.0380. The molecule has 2 aromatic carbocycles. The zero-order valence-corrected chi connectivity index (χ0v) is 13.2. The average Bonchev–Trinajstić information content (AvgIpc) is 2.96. The molecule has 0 unspecified atom stereocenters. The van der Waals surface area contributed by atoms with Crippen molar-refractivity contribution in [3.8, 4) is 11.4 Å². The zero-order valence-electron chi connectivity index (χ0n) is 13.2. The van der Waals surface area contributed by atoms with E-state index in [9.17, 15) is 4.79 Å². The van der Waals surface area contributed by atoms with Crippen molar-refractivity contribution in [1.29, 1.82) is 0 Å². The predicted octanol–water partition coefficient (Wildman–Crippen LogP) is 2.97. The number of aryl methyl sites for hydroxylation is 2. The lowest BCUT2D eigenvalue weighted by atomic mass is 10.1. The molecule has 23 heavy (non-hydrogen) atoms. The number of rotatable bonds is 4. The van der Waals surface area contributed by atoms with Gasteiger partial charge in [0.15, 0.2) is 5.82 Å². The molecule has 0 saturated carbocycles. The quantitative estimate of drug-likeness (QED) is 0.806. The van der Waals surface area contributed by atoms with Gasteiger partial charge in [-0.05, 0) is 24.6 Å². The molecule has 1 N–H and O–H groups in total. The highest BCUT2D eigenvalue weighted by atomic mass is 16.1. The molecule has 0 aliphatic rings. The van der Waals surface area contributed by atoms with E-state index in [0.717, 1.165) is 22.6 Å². The Hall–Kier alpha value is -2.95. The maximum absolute atomic E-state index is 12.2. The molecule has 5 heteroatoms. The summed E-state index contributed by atoms with van der Waals surface area (Å²) >= 11 is 0. The molecule has 0 atom stereocenters. The van der Waals surface area contributed by atoms with Gasteiger partial charge in [0.05, 0.1) is 6.42 Å². The van der Waals surface area contributed by atoms with Crippen molar-refractivity contribution in [1.82, 2.24) is 14.8 Å². The van der Waals surface area contributed by atoms with Crippen LogP contribution in [0.15, 0.2) is 54.9 Å². The fraction of sp³-hybridized carbons (Fsp3) is 0.167. The average molecular weight is 306 g/mol. The summed E-state index contributed by atoms with van der Waals surface area (Å²) in [5, 5.41) is 10.9. The van der Waals surface area contributed by atoms with Crippen LogP contribution in [0.3, 0.4) is 0 Å². The Morgan fingerprint density at radius 1 is 1.17 bits per heavy atom. The third-order valence-corrected chi connectivity index (χ3v) is 3.60. The zero-order chi connectivity index (χ0) is 16.2. The van der Waals surface area contributed by atoms with Gasteiger partial charge >= 0.3 is 0 Å². The Morgan fingerprint density at radius 2 is 1.96 bits per heavy atom. The summed E-state index contributed by atoms with van der Waals surface area (Å²) in [4.78, 5) is 12.2. The number of carbonyl (C=O) groups excluding carboxylic acids is 1. The highest BCUT2D eigenvalue weighted by molar-refractivity contribution is 5.92. The number of amides is 1. The first-order valence-electron chi connectivity index (χ1n) is 7.41. The Kier molecular flexibility index (Phi) is 4.19. The third-order valence-electron chi connectivity index (χ3n) is 3.60. The first-order chi connectivity index (χ1) is 11.1.